The quantitative estimate of drug-likeness (QED) is 0.364. The molecule has 2 rings (SSSR count). The van der Waals surface area contributed by atoms with Crippen molar-refractivity contribution in [3.05, 3.63) is 42.5 Å². The van der Waals surface area contributed by atoms with Crippen molar-refractivity contribution in [2.24, 2.45) is 0 Å². The number of hydrogen-bond donors (Lipinski definition) is 2. The lowest BCUT2D eigenvalue weighted by molar-refractivity contribution is -0.117. The summed E-state index contributed by atoms with van der Waals surface area (Å²) in [5, 5.41) is 3.09. The summed E-state index contributed by atoms with van der Waals surface area (Å²) in [5.74, 6) is 0.590. The van der Waals surface area contributed by atoms with Crippen LogP contribution in [0.5, 0.6) is 5.75 Å². The van der Waals surface area contributed by atoms with E-state index in [1.54, 1.807) is 24.3 Å². The summed E-state index contributed by atoms with van der Waals surface area (Å²) in [5.41, 5.74) is 7.37. The van der Waals surface area contributed by atoms with Crippen LogP contribution in [-0.4, -0.2) is 18.6 Å². The summed E-state index contributed by atoms with van der Waals surface area (Å²) >= 11 is 0. The second kappa shape index (κ2) is 9.03. The first kappa shape index (κ1) is 17.1. The number of nitrogens with two attached hydrogens (primary N) is 1. The molecular formula is C19H26N2O2. The number of nitrogen functional groups attached to an aromatic ring is 1. The van der Waals surface area contributed by atoms with Crippen molar-refractivity contribution in [3.63, 3.8) is 0 Å². The molecule has 1 aliphatic rings. The minimum absolute atomic E-state index is 0.0394. The number of carbonyl (C=O) groups excluding carboxylic acids is 1. The molecule has 0 aliphatic heterocycles. The fourth-order valence-corrected chi connectivity index (χ4v) is 2.80. The van der Waals surface area contributed by atoms with Crippen LogP contribution in [0.4, 0.5) is 5.69 Å². The molecular weight excluding hydrogens is 288 g/mol. The molecule has 0 bridgehead atoms. The van der Waals surface area contributed by atoms with Crippen LogP contribution in [0.1, 0.15) is 44.1 Å². The van der Waals surface area contributed by atoms with Crippen LogP contribution in [0.2, 0.25) is 0 Å². The average molecular weight is 314 g/mol. The maximum Gasteiger partial charge on any atom is 0.244 e. The third kappa shape index (κ3) is 5.81. The van der Waals surface area contributed by atoms with Crippen LogP contribution < -0.4 is 15.8 Å². The second-order valence-electron chi connectivity index (χ2n) is 5.93. The average Bonchev–Trinajstić information content (AvgIpc) is 2.80. The molecule has 0 radical (unpaired) electrons. The van der Waals surface area contributed by atoms with E-state index in [2.05, 4.69) is 11.9 Å². The molecule has 0 unspecified atom stereocenters. The number of ether oxygens (including phenoxy) is 1. The van der Waals surface area contributed by atoms with E-state index < -0.39 is 0 Å². The summed E-state index contributed by atoms with van der Waals surface area (Å²) in [6, 6.07) is 5.80. The van der Waals surface area contributed by atoms with E-state index in [4.69, 9.17) is 10.5 Å². The summed E-state index contributed by atoms with van der Waals surface area (Å²) in [4.78, 5) is 12.0. The van der Waals surface area contributed by atoms with Gasteiger partial charge in [-0.2, -0.15) is 0 Å². The first-order valence-corrected chi connectivity index (χ1v) is 8.31. The Morgan fingerprint density at radius 1 is 1.30 bits per heavy atom. The minimum Gasteiger partial charge on any atom is -0.487 e. The zero-order chi connectivity index (χ0) is 16.5. The van der Waals surface area contributed by atoms with Crippen molar-refractivity contribution in [2.45, 2.75) is 44.6 Å². The van der Waals surface area contributed by atoms with Crippen LogP contribution in [0.3, 0.4) is 0 Å². The Morgan fingerprint density at radius 3 is 2.70 bits per heavy atom. The predicted molar refractivity (Wildman–Crippen MR) is 95.2 cm³/mol. The summed E-state index contributed by atoms with van der Waals surface area (Å²) in [7, 11) is 0. The van der Waals surface area contributed by atoms with Crippen molar-refractivity contribution in [2.75, 3.05) is 12.3 Å². The van der Waals surface area contributed by atoms with Gasteiger partial charge in [0.2, 0.25) is 5.91 Å². The van der Waals surface area contributed by atoms with Crippen molar-refractivity contribution < 1.29 is 9.53 Å². The number of anilines is 1. The number of benzene rings is 1. The van der Waals surface area contributed by atoms with Gasteiger partial charge in [-0.3, -0.25) is 4.79 Å². The van der Waals surface area contributed by atoms with Crippen LogP contribution in [0.25, 0.3) is 6.08 Å². The lowest BCUT2D eigenvalue weighted by Crippen LogP contribution is -2.33. The molecule has 0 heterocycles. The molecule has 0 atom stereocenters. The SMILES string of the molecule is C=CCOc1ccc(/C=C\C(=O)NC2CCCCCC2)cc1N. The standard InChI is InChI=1S/C19H26N2O2/c1-2-13-23-18-11-9-15(14-17(18)20)10-12-19(22)21-16-7-5-3-4-6-8-16/h2,9-12,14,16H,1,3-8,13,20H2,(H,21,22)/b12-10-. The Morgan fingerprint density at radius 2 is 2.04 bits per heavy atom. The molecule has 0 saturated heterocycles. The van der Waals surface area contributed by atoms with Crippen LogP contribution in [-0.2, 0) is 4.79 Å². The summed E-state index contributed by atoms with van der Waals surface area (Å²) < 4.78 is 5.43. The molecule has 3 N–H and O–H groups in total. The first-order valence-electron chi connectivity index (χ1n) is 8.31. The Balaban J connectivity index is 1.89. The van der Waals surface area contributed by atoms with E-state index in [0.717, 1.165) is 18.4 Å². The van der Waals surface area contributed by atoms with Gasteiger partial charge in [-0.1, -0.05) is 44.4 Å². The predicted octanol–water partition coefficient (Wildman–Crippen LogP) is 3.69. The molecule has 4 heteroatoms. The van der Waals surface area contributed by atoms with Gasteiger partial charge in [0.15, 0.2) is 0 Å². The minimum atomic E-state index is -0.0394. The highest BCUT2D eigenvalue weighted by molar-refractivity contribution is 5.92. The molecule has 0 aromatic heterocycles. The largest absolute Gasteiger partial charge is 0.487 e. The van der Waals surface area contributed by atoms with Crippen LogP contribution >= 0.6 is 0 Å². The van der Waals surface area contributed by atoms with E-state index in [-0.39, 0.29) is 5.91 Å². The van der Waals surface area contributed by atoms with E-state index in [1.807, 2.05) is 12.1 Å². The summed E-state index contributed by atoms with van der Waals surface area (Å²) in [6.45, 7) is 4.02. The molecule has 1 saturated carbocycles. The highest BCUT2D eigenvalue weighted by Gasteiger charge is 2.13. The van der Waals surface area contributed by atoms with Crippen molar-refractivity contribution >= 4 is 17.7 Å². The van der Waals surface area contributed by atoms with E-state index >= 15 is 0 Å². The smallest absolute Gasteiger partial charge is 0.244 e. The van der Waals surface area contributed by atoms with Crippen molar-refractivity contribution in [1.82, 2.24) is 5.32 Å². The van der Waals surface area contributed by atoms with Crippen LogP contribution in [0.15, 0.2) is 36.9 Å². The Hall–Kier alpha value is -2.23. The molecule has 1 aromatic carbocycles. The summed E-state index contributed by atoms with van der Waals surface area (Å²) in [6.07, 6.45) is 12.2. The molecule has 1 fully saturated rings. The van der Waals surface area contributed by atoms with E-state index in [0.29, 0.717) is 24.1 Å². The maximum absolute atomic E-state index is 12.0. The molecule has 1 amide bonds. The Labute approximate surface area is 138 Å². The number of hydrogen-bond acceptors (Lipinski definition) is 3. The van der Waals surface area contributed by atoms with Crippen molar-refractivity contribution in [3.8, 4) is 5.75 Å². The second-order valence-corrected chi connectivity index (χ2v) is 5.93. The number of rotatable bonds is 6. The number of carbonyl (C=O) groups is 1. The third-order valence-corrected chi connectivity index (χ3v) is 4.02. The van der Waals surface area contributed by atoms with Gasteiger partial charge in [0, 0.05) is 12.1 Å². The highest BCUT2D eigenvalue weighted by Crippen LogP contribution is 2.23. The lowest BCUT2D eigenvalue weighted by atomic mass is 10.1. The van der Waals surface area contributed by atoms with Gasteiger partial charge in [-0.15, -0.1) is 0 Å². The highest BCUT2D eigenvalue weighted by atomic mass is 16.5. The number of nitrogens with one attached hydrogen (secondary N) is 1. The zero-order valence-corrected chi connectivity index (χ0v) is 13.6. The molecule has 0 spiro atoms. The molecule has 1 aromatic rings. The van der Waals surface area contributed by atoms with Gasteiger partial charge in [0.25, 0.3) is 0 Å². The zero-order valence-electron chi connectivity index (χ0n) is 13.6. The Bertz CT molecular complexity index is 558. The van der Waals surface area contributed by atoms with Gasteiger partial charge in [0.05, 0.1) is 5.69 Å². The van der Waals surface area contributed by atoms with Crippen molar-refractivity contribution in [1.29, 1.82) is 0 Å². The van der Waals surface area contributed by atoms with Gasteiger partial charge in [-0.05, 0) is 36.6 Å². The Kier molecular flexibility index (Phi) is 6.73. The van der Waals surface area contributed by atoms with Gasteiger partial charge >= 0.3 is 0 Å². The first-order chi connectivity index (χ1) is 11.2. The lowest BCUT2D eigenvalue weighted by Gasteiger charge is -2.14. The number of amides is 1. The van der Waals surface area contributed by atoms with E-state index in [1.165, 1.54) is 25.7 Å². The molecule has 1 aliphatic carbocycles. The maximum atomic E-state index is 12.0. The van der Waals surface area contributed by atoms with Gasteiger partial charge in [0.1, 0.15) is 12.4 Å². The monoisotopic (exact) mass is 314 g/mol. The normalized spacial score (nSPS) is 16.0. The fraction of sp³-hybridized carbons (Fsp3) is 0.421. The molecule has 23 heavy (non-hydrogen) atoms. The molecule has 4 nitrogen and oxygen atoms in total. The topological polar surface area (TPSA) is 64.3 Å². The van der Waals surface area contributed by atoms with Gasteiger partial charge < -0.3 is 15.8 Å². The molecule has 124 valence electrons. The fourth-order valence-electron chi connectivity index (χ4n) is 2.80. The van der Waals surface area contributed by atoms with Crippen LogP contribution in [0, 0.1) is 0 Å². The van der Waals surface area contributed by atoms with Gasteiger partial charge in [-0.25, -0.2) is 0 Å². The van der Waals surface area contributed by atoms with E-state index in [9.17, 15) is 4.79 Å². The third-order valence-electron chi connectivity index (χ3n) is 4.02.